The lowest BCUT2D eigenvalue weighted by Gasteiger charge is -2.33. The molecule has 94 valence electrons. The number of nitrogens with zero attached hydrogens (tertiary/aromatic N) is 3. The summed E-state index contributed by atoms with van der Waals surface area (Å²) in [5.74, 6) is 1.12. The standard InChI is InChI=1S/C13H22N4/c1-3-14-11-12-5-4-6-13(15-12)17-9-7-16(2)8-10-17/h4-6,14H,3,7-11H2,1-2H3. The van der Waals surface area contributed by atoms with Gasteiger partial charge in [0.15, 0.2) is 0 Å². The predicted molar refractivity (Wildman–Crippen MR) is 71.3 cm³/mol. The Bertz CT molecular complexity index is 345. The van der Waals surface area contributed by atoms with Crippen LogP contribution in [-0.4, -0.2) is 49.7 Å². The molecule has 4 heteroatoms. The first-order valence-corrected chi connectivity index (χ1v) is 6.39. The smallest absolute Gasteiger partial charge is 0.128 e. The highest BCUT2D eigenvalue weighted by molar-refractivity contribution is 5.39. The van der Waals surface area contributed by atoms with Crippen LogP contribution in [0.25, 0.3) is 0 Å². The third-order valence-electron chi connectivity index (χ3n) is 3.18. The van der Waals surface area contributed by atoms with E-state index < -0.39 is 0 Å². The van der Waals surface area contributed by atoms with Crippen molar-refractivity contribution in [3.63, 3.8) is 0 Å². The maximum atomic E-state index is 4.70. The minimum atomic E-state index is 0.859. The third kappa shape index (κ3) is 3.41. The number of hydrogen-bond acceptors (Lipinski definition) is 4. The van der Waals surface area contributed by atoms with Crippen molar-refractivity contribution in [2.45, 2.75) is 13.5 Å². The fourth-order valence-electron chi connectivity index (χ4n) is 2.03. The van der Waals surface area contributed by atoms with Crippen LogP contribution in [0.5, 0.6) is 0 Å². The number of hydrogen-bond donors (Lipinski definition) is 1. The molecule has 0 radical (unpaired) electrons. The van der Waals surface area contributed by atoms with Crippen LogP contribution in [-0.2, 0) is 6.54 Å². The molecule has 1 aliphatic rings. The fourth-order valence-corrected chi connectivity index (χ4v) is 2.03. The number of piperazine rings is 1. The molecule has 1 N–H and O–H groups in total. The molecule has 17 heavy (non-hydrogen) atoms. The summed E-state index contributed by atoms with van der Waals surface area (Å²) in [6, 6.07) is 6.30. The fraction of sp³-hybridized carbons (Fsp3) is 0.615. The zero-order valence-electron chi connectivity index (χ0n) is 10.8. The average Bonchev–Trinajstić information content (AvgIpc) is 2.37. The second kappa shape index (κ2) is 5.98. The Balaban J connectivity index is 2.00. The molecule has 0 bridgehead atoms. The first-order valence-electron chi connectivity index (χ1n) is 6.39. The maximum Gasteiger partial charge on any atom is 0.128 e. The van der Waals surface area contributed by atoms with Crippen LogP contribution in [0.3, 0.4) is 0 Å². The zero-order valence-corrected chi connectivity index (χ0v) is 10.8. The first-order chi connectivity index (χ1) is 8.29. The minimum absolute atomic E-state index is 0.859. The van der Waals surface area contributed by atoms with Crippen LogP contribution >= 0.6 is 0 Å². The Morgan fingerprint density at radius 3 is 2.71 bits per heavy atom. The number of pyridine rings is 1. The van der Waals surface area contributed by atoms with Crippen molar-refractivity contribution in [2.24, 2.45) is 0 Å². The van der Waals surface area contributed by atoms with E-state index in [0.717, 1.165) is 50.8 Å². The van der Waals surface area contributed by atoms with Crippen molar-refractivity contribution in [1.29, 1.82) is 0 Å². The van der Waals surface area contributed by atoms with E-state index in [1.807, 2.05) is 0 Å². The highest BCUT2D eigenvalue weighted by Crippen LogP contribution is 2.13. The number of anilines is 1. The van der Waals surface area contributed by atoms with Crippen LogP contribution in [0, 0.1) is 0 Å². The van der Waals surface area contributed by atoms with Crippen LogP contribution in [0.2, 0.25) is 0 Å². The first kappa shape index (κ1) is 12.3. The summed E-state index contributed by atoms with van der Waals surface area (Å²) < 4.78 is 0. The van der Waals surface area contributed by atoms with E-state index in [1.54, 1.807) is 0 Å². The number of likely N-dealkylation sites (N-methyl/N-ethyl adjacent to an activating group) is 1. The second-order valence-electron chi connectivity index (χ2n) is 4.56. The van der Waals surface area contributed by atoms with Gasteiger partial charge < -0.3 is 15.1 Å². The van der Waals surface area contributed by atoms with Crippen LogP contribution in [0.1, 0.15) is 12.6 Å². The molecule has 0 amide bonds. The number of aromatic nitrogens is 1. The average molecular weight is 234 g/mol. The number of nitrogens with one attached hydrogen (secondary N) is 1. The van der Waals surface area contributed by atoms with E-state index in [1.165, 1.54) is 0 Å². The molecule has 1 aromatic heterocycles. The van der Waals surface area contributed by atoms with Crippen molar-refractivity contribution in [2.75, 3.05) is 44.7 Å². The van der Waals surface area contributed by atoms with E-state index in [0.29, 0.717) is 0 Å². The van der Waals surface area contributed by atoms with Gasteiger partial charge in [-0.25, -0.2) is 4.98 Å². The van der Waals surface area contributed by atoms with Crippen LogP contribution < -0.4 is 10.2 Å². The molecule has 0 atom stereocenters. The van der Waals surface area contributed by atoms with Crippen LogP contribution in [0.15, 0.2) is 18.2 Å². The van der Waals surface area contributed by atoms with Gasteiger partial charge >= 0.3 is 0 Å². The quantitative estimate of drug-likeness (QED) is 0.840. The minimum Gasteiger partial charge on any atom is -0.354 e. The monoisotopic (exact) mass is 234 g/mol. The number of rotatable bonds is 4. The second-order valence-corrected chi connectivity index (χ2v) is 4.56. The topological polar surface area (TPSA) is 31.4 Å². The van der Waals surface area contributed by atoms with Gasteiger partial charge in [-0.3, -0.25) is 0 Å². The van der Waals surface area contributed by atoms with Crippen molar-refractivity contribution < 1.29 is 0 Å². The summed E-state index contributed by atoms with van der Waals surface area (Å²) in [5, 5.41) is 3.31. The van der Waals surface area contributed by atoms with E-state index in [4.69, 9.17) is 4.98 Å². The van der Waals surface area contributed by atoms with Crippen LogP contribution in [0.4, 0.5) is 5.82 Å². The van der Waals surface area contributed by atoms with Gasteiger partial charge in [-0.2, -0.15) is 0 Å². The summed E-state index contributed by atoms with van der Waals surface area (Å²) in [6.07, 6.45) is 0. The Labute approximate surface area is 104 Å². The van der Waals surface area contributed by atoms with E-state index in [2.05, 4.69) is 47.3 Å². The zero-order chi connectivity index (χ0) is 12.1. The Hall–Kier alpha value is -1.13. The lowest BCUT2D eigenvalue weighted by Crippen LogP contribution is -2.44. The molecule has 0 spiro atoms. The van der Waals surface area contributed by atoms with Crippen molar-refractivity contribution in [3.8, 4) is 0 Å². The van der Waals surface area contributed by atoms with Crippen molar-refractivity contribution >= 4 is 5.82 Å². The van der Waals surface area contributed by atoms with Gasteiger partial charge in [0.05, 0.1) is 5.69 Å². The lowest BCUT2D eigenvalue weighted by atomic mass is 10.3. The maximum absolute atomic E-state index is 4.70. The summed E-state index contributed by atoms with van der Waals surface area (Å²) in [4.78, 5) is 9.43. The third-order valence-corrected chi connectivity index (χ3v) is 3.18. The Morgan fingerprint density at radius 2 is 2.00 bits per heavy atom. The molecule has 1 aliphatic heterocycles. The van der Waals surface area contributed by atoms with Gasteiger partial charge in [-0.05, 0) is 25.7 Å². The SMILES string of the molecule is CCNCc1cccc(N2CCN(C)CC2)n1. The molecule has 1 fully saturated rings. The predicted octanol–water partition coefficient (Wildman–Crippen LogP) is 0.943. The van der Waals surface area contributed by atoms with Gasteiger partial charge in [-0.15, -0.1) is 0 Å². The van der Waals surface area contributed by atoms with Gasteiger partial charge in [-0.1, -0.05) is 13.0 Å². The summed E-state index contributed by atoms with van der Waals surface area (Å²) in [6.45, 7) is 8.36. The van der Waals surface area contributed by atoms with Gasteiger partial charge in [0.1, 0.15) is 5.82 Å². The molecule has 0 aliphatic carbocycles. The molecule has 2 heterocycles. The highest BCUT2D eigenvalue weighted by atomic mass is 15.3. The normalized spacial score (nSPS) is 17.4. The molecular weight excluding hydrogens is 212 g/mol. The van der Waals surface area contributed by atoms with E-state index >= 15 is 0 Å². The van der Waals surface area contributed by atoms with Gasteiger partial charge in [0, 0.05) is 32.7 Å². The highest BCUT2D eigenvalue weighted by Gasteiger charge is 2.15. The molecule has 0 unspecified atom stereocenters. The largest absolute Gasteiger partial charge is 0.354 e. The molecule has 4 nitrogen and oxygen atoms in total. The summed E-state index contributed by atoms with van der Waals surface area (Å²) in [7, 11) is 2.17. The summed E-state index contributed by atoms with van der Waals surface area (Å²) in [5.41, 5.74) is 1.13. The molecule has 1 aromatic rings. The molecular formula is C13H22N4. The molecule has 1 saturated heterocycles. The molecule has 2 rings (SSSR count). The lowest BCUT2D eigenvalue weighted by molar-refractivity contribution is 0.312. The van der Waals surface area contributed by atoms with Gasteiger partial charge in [0.2, 0.25) is 0 Å². The Kier molecular flexibility index (Phi) is 4.34. The van der Waals surface area contributed by atoms with Gasteiger partial charge in [0.25, 0.3) is 0 Å². The molecule has 0 aromatic carbocycles. The van der Waals surface area contributed by atoms with E-state index in [9.17, 15) is 0 Å². The summed E-state index contributed by atoms with van der Waals surface area (Å²) >= 11 is 0. The van der Waals surface area contributed by atoms with Crippen molar-refractivity contribution in [1.82, 2.24) is 15.2 Å². The van der Waals surface area contributed by atoms with Crippen molar-refractivity contribution in [3.05, 3.63) is 23.9 Å². The van der Waals surface area contributed by atoms with E-state index in [-0.39, 0.29) is 0 Å². The molecule has 0 saturated carbocycles. The Morgan fingerprint density at radius 1 is 1.24 bits per heavy atom.